The lowest BCUT2D eigenvalue weighted by Crippen LogP contribution is -2.57. The number of halogens is 1. The molecule has 0 aromatic rings. The molecule has 6 atom stereocenters. The van der Waals surface area contributed by atoms with E-state index in [1.54, 1.807) is 28.8 Å². The highest BCUT2D eigenvalue weighted by Crippen LogP contribution is 2.68. The smallest absolute Gasteiger partial charge is 0.310 e. The number of allylic oxidation sites excluding steroid dienone is 1. The number of rotatable bonds is 13. The molecular formula is C28H41BrN2O5S. The van der Waals surface area contributed by atoms with Gasteiger partial charge in [-0.3, -0.25) is 14.4 Å². The Morgan fingerprint density at radius 2 is 1.95 bits per heavy atom. The lowest BCUT2D eigenvalue weighted by molar-refractivity contribution is -0.154. The van der Waals surface area contributed by atoms with Crippen molar-refractivity contribution in [2.45, 2.75) is 91.1 Å². The molecular weight excluding hydrogens is 556 g/mol. The van der Waals surface area contributed by atoms with E-state index in [9.17, 15) is 19.5 Å². The van der Waals surface area contributed by atoms with Gasteiger partial charge >= 0.3 is 5.97 Å². The highest BCUT2D eigenvalue weighted by Gasteiger charge is 2.76. The van der Waals surface area contributed by atoms with Crippen LogP contribution in [0.1, 0.15) is 64.2 Å². The van der Waals surface area contributed by atoms with E-state index in [1.165, 1.54) is 6.42 Å². The van der Waals surface area contributed by atoms with E-state index in [4.69, 9.17) is 4.74 Å². The number of carbonyl (C=O) groups excluding carboxylic acids is 3. The maximum Gasteiger partial charge on any atom is 0.310 e. The second-order valence-corrected chi connectivity index (χ2v) is 13.5. The van der Waals surface area contributed by atoms with Gasteiger partial charge in [0.15, 0.2) is 0 Å². The minimum Gasteiger partial charge on any atom is -0.465 e. The van der Waals surface area contributed by atoms with Crippen LogP contribution in [0.4, 0.5) is 0 Å². The summed E-state index contributed by atoms with van der Waals surface area (Å²) in [4.78, 5) is 45.6. The van der Waals surface area contributed by atoms with Crippen molar-refractivity contribution in [2.75, 3.05) is 26.3 Å². The van der Waals surface area contributed by atoms with E-state index < -0.39 is 22.6 Å². The van der Waals surface area contributed by atoms with Crippen molar-refractivity contribution < 1.29 is 24.2 Å². The molecule has 7 nitrogen and oxygen atoms in total. The molecule has 3 saturated heterocycles. The number of carbonyl (C=O) groups is 3. The number of amides is 2. The van der Waals surface area contributed by atoms with E-state index in [1.807, 2.05) is 4.90 Å². The molecule has 3 aliphatic heterocycles. The number of aliphatic hydroxyl groups is 1. The average Bonchev–Trinajstić information content (AvgIpc) is 3.49. The number of alkyl halides is 1. The molecule has 9 heteroatoms. The zero-order chi connectivity index (χ0) is 26.6. The molecule has 4 rings (SSSR count). The molecule has 0 aromatic carbocycles. The molecule has 1 saturated carbocycles. The van der Waals surface area contributed by atoms with Gasteiger partial charge in [0.1, 0.15) is 6.04 Å². The Kier molecular flexibility index (Phi) is 9.84. The summed E-state index contributed by atoms with van der Waals surface area (Å²) in [7, 11) is 0. The van der Waals surface area contributed by atoms with E-state index in [-0.39, 0.29) is 40.5 Å². The van der Waals surface area contributed by atoms with Gasteiger partial charge in [-0.1, -0.05) is 47.3 Å². The van der Waals surface area contributed by atoms with E-state index in [2.05, 4.69) is 29.1 Å². The Balaban J connectivity index is 1.66. The first kappa shape index (κ1) is 28.7. The van der Waals surface area contributed by atoms with Crippen LogP contribution in [0.2, 0.25) is 0 Å². The summed E-state index contributed by atoms with van der Waals surface area (Å²) < 4.78 is 5.00. The first-order chi connectivity index (χ1) is 17.9. The van der Waals surface area contributed by atoms with E-state index >= 15 is 0 Å². The number of unbranched alkanes of at least 4 members (excludes halogenated alkanes) is 2. The number of hydrogen-bond donors (Lipinski definition) is 1. The number of nitrogens with zero attached hydrogens (tertiary/aromatic N) is 2. The van der Waals surface area contributed by atoms with Crippen molar-refractivity contribution in [3.63, 3.8) is 0 Å². The zero-order valence-electron chi connectivity index (χ0n) is 21.7. The Bertz CT molecular complexity index is 881. The van der Waals surface area contributed by atoms with Crippen molar-refractivity contribution in [1.29, 1.82) is 0 Å². The molecule has 1 N–H and O–H groups in total. The van der Waals surface area contributed by atoms with Crippen LogP contribution in [0, 0.1) is 11.8 Å². The molecule has 3 unspecified atom stereocenters. The molecule has 0 aromatic heterocycles. The Morgan fingerprint density at radius 3 is 2.62 bits per heavy atom. The van der Waals surface area contributed by atoms with Crippen molar-refractivity contribution in [3.05, 3.63) is 25.3 Å². The van der Waals surface area contributed by atoms with Crippen LogP contribution < -0.4 is 0 Å². The van der Waals surface area contributed by atoms with Crippen LogP contribution >= 0.6 is 27.7 Å². The number of hydrogen-bond acceptors (Lipinski definition) is 6. The van der Waals surface area contributed by atoms with Crippen molar-refractivity contribution in [3.8, 4) is 0 Å². The largest absolute Gasteiger partial charge is 0.465 e. The predicted molar refractivity (Wildman–Crippen MR) is 149 cm³/mol. The van der Waals surface area contributed by atoms with Gasteiger partial charge in [0, 0.05) is 35.8 Å². The maximum absolute atomic E-state index is 14.5. The second kappa shape index (κ2) is 12.7. The van der Waals surface area contributed by atoms with Gasteiger partial charge in [-0.05, 0) is 44.9 Å². The lowest BCUT2D eigenvalue weighted by atomic mass is 9.71. The number of fused-ring (bicyclic) bond motifs is 1. The van der Waals surface area contributed by atoms with Crippen molar-refractivity contribution in [1.82, 2.24) is 9.80 Å². The van der Waals surface area contributed by atoms with E-state index in [0.717, 1.165) is 32.1 Å². The molecule has 37 heavy (non-hydrogen) atoms. The third-order valence-corrected chi connectivity index (χ3v) is 11.7. The van der Waals surface area contributed by atoms with Gasteiger partial charge in [-0.25, -0.2) is 0 Å². The van der Waals surface area contributed by atoms with Crippen LogP contribution in [-0.2, 0) is 19.1 Å². The van der Waals surface area contributed by atoms with Crippen LogP contribution in [0.3, 0.4) is 0 Å². The Hall–Kier alpha value is -1.32. The summed E-state index contributed by atoms with van der Waals surface area (Å²) in [5.41, 5.74) is 0. The molecule has 2 amide bonds. The molecule has 4 aliphatic rings. The average molecular weight is 598 g/mol. The SMILES string of the molecule is C=CCCCOC(=O)[C@H]1[C@H]2C(=O)N(CCCCO)C(C(=O)N(CC=C)C3CCCCC3)C23CC(Br)[C@@H]1S3. The fourth-order valence-corrected chi connectivity index (χ4v) is 10.5. The first-order valence-corrected chi connectivity index (χ1v) is 15.6. The van der Waals surface area contributed by atoms with Crippen LogP contribution in [0.25, 0.3) is 0 Å². The van der Waals surface area contributed by atoms with Gasteiger partial charge in [-0.15, -0.1) is 24.9 Å². The molecule has 4 fully saturated rings. The highest BCUT2D eigenvalue weighted by molar-refractivity contribution is 9.09. The Morgan fingerprint density at radius 1 is 1.19 bits per heavy atom. The standard InChI is InChI=1S/C28H41BrN2O5S/c1-3-5-11-17-36-27(35)21-22-25(33)31(15-9-10-16-32)24(28(22)18-20(29)23(21)37-28)26(34)30(14-4-2)19-12-7-6-8-13-19/h3-4,19-24,32H,1-2,5-18H2/t20?,21-,22-,23-,24?,28?/m0/s1. The Labute approximate surface area is 233 Å². The number of esters is 1. The summed E-state index contributed by atoms with van der Waals surface area (Å²) in [5, 5.41) is 9.28. The fraction of sp³-hybridized carbons (Fsp3) is 0.750. The van der Waals surface area contributed by atoms with Crippen molar-refractivity contribution in [2.24, 2.45) is 11.8 Å². The quantitative estimate of drug-likeness (QED) is 0.149. The van der Waals surface area contributed by atoms with Gasteiger partial charge < -0.3 is 19.6 Å². The lowest BCUT2D eigenvalue weighted by Gasteiger charge is -2.41. The topological polar surface area (TPSA) is 87.1 Å². The third kappa shape index (κ3) is 5.42. The molecule has 1 aliphatic carbocycles. The zero-order valence-corrected chi connectivity index (χ0v) is 24.1. The summed E-state index contributed by atoms with van der Waals surface area (Å²) in [6, 6.07) is -0.475. The molecule has 3 heterocycles. The van der Waals surface area contributed by atoms with Gasteiger partial charge in [0.25, 0.3) is 0 Å². The van der Waals surface area contributed by atoms with Crippen LogP contribution in [-0.4, -0.2) is 85.9 Å². The summed E-state index contributed by atoms with van der Waals surface area (Å²) in [6.45, 7) is 8.84. The third-order valence-electron chi connectivity index (χ3n) is 8.52. The molecule has 2 bridgehead atoms. The molecule has 1 spiro atoms. The molecule has 0 radical (unpaired) electrons. The summed E-state index contributed by atoms with van der Waals surface area (Å²) in [6.07, 6.45) is 12.2. The number of thioether (sulfide) groups is 1. The summed E-state index contributed by atoms with van der Waals surface area (Å²) >= 11 is 5.46. The second-order valence-electron chi connectivity index (χ2n) is 10.8. The number of aliphatic hydroxyl groups excluding tert-OH is 1. The predicted octanol–water partition coefficient (Wildman–Crippen LogP) is 4.08. The first-order valence-electron chi connectivity index (χ1n) is 13.8. The van der Waals surface area contributed by atoms with Gasteiger partial charge in [0.05, 0.1) is 23.2 Å². The van der Waals surface area contributed by atoms with E-state index in [0.29, 0.717) is 45.4 Å². The number of likely N-dealkylation sites (tertiary alicyclic amines) is 1. The van der Waals surface area contributed by atoms with Gasteiger partial charge in [-0.2, -0.15) is 0 Å². The minimum atomic E-state index is -0.662. The van der Waals surface area contributed by atoms with Gasteiger partial charge in [0.2, 0.25) is 11.8 Å². The summed E-state index contributed by atoms with van der Waals surface area (Å²) in [5.74, 6) is -1.59. The van der Waals surface area contributed by atoms with Crippen molar-refractivity contribution >= 4 is 45.5 Å². The molecule has 206 valence electrons. The monoisotopic (exact) mass is 596 g/mol. The normalized spacial score (nSPS) is 32.9. The number of ether oxygens (including phenoxy) is 1. The van der Waals surface area contributed by atoms with Crippen LogP contribution in [0.5, 0.6) is 0 Å². The van der Waals surface area contributed by atoms with Crippen LogP contribution in [0.15, 0.2) is 25.3 Å². The maximum atomic E-state index is 14.5. The fourth-order valence-electron chi connectivity index (χ4n) is 6.92. The highest BCUT2D eigenvalue weighted by atomic mass is 79.9. The minimum absolute atomic E-state index is 0.0144.